The maximum atomic E-state index is 12.7. The number of thioether (sulfide) groups is 1. The summed E-state index contributed by atoms with van der Waals surface area (Å²) in [5, 5.41) is 3.84. The highest BCUT2D eigenvalue weighted by Crippen LogP contribution is 2.25. The molecule has 2 aromatic carbocycles. The first-order chi connectivity index (χ1) is 13.7. The molecule has 1 aliphatic rings. The van der Waals surface area contributed by atoms with E-state index in [0.29, 0.717) is 17.9 Å². The fraction of sp³-hybridized carbons (Fsp3) is 0.286. The number of benzene rings is 2. The van der Waals surface area contributed by atoms with Crippen LogP contribution in [0.15, 0.2) is 53.4 Å². The van der Waals surface area contributed by atoms with Gasteiger partial charge >= 0.3 is 0 Å². The minimum absolute atomic E-state index is 0.143. The predicted molar refractivity (Wildman–Crippen MR) is 114 cm³/mol. The Balaban J connectivity index is 1.39. The van der Waals surface area contributed by atoms with Crippen molar-refractivity contribution in [1.29, 1.82) is 0 Å². The molecule has 7 heteroatoms. The second-order valence-corrected chi connectivity index (χ2v) is 8.76. The average molecular weight is 412 g/mol. The van der Waals surface area contributed by atoms with Gasteiger partial charge in [0.25, 0.3) is 5.91 Å². The molecule has 3 aromatic rings. The van der Waals surface area contributed by atoms with Crippen LogP contribution in [-0.2, 0) is 11.3 Å². The highest BCUT2D eigenvalue weighted by atomic mass is 32.2. The van der Waals surface area contributed by atoms with Crippen LogP contribution in [0, 0.1) is 0 Å². The lowest BCUT2D eigenvalue weighted by atomic mass is 10.2. The zero-order valence-electron chi connectivity index (χ0n) is 15.4. The van der Waals surface area contributed by atoms with Gasteiger partial charge in [-0.25, -0.2) is 4.98 Å². The number of amides is 2. The van der Waals surface area contributed by atoms with Crippen LogP contribution in [0.1, 0.15) is 28.2 Å². The lowest BCUT2D eigenvalue weighted by Crippen LogP contribution is -2.29. The summed E-state index contributed by atoms with van der Waals surface area (Å²) in [7, 11) is 0. The van der Waals surface area contributed by atoms with Gasteiger partial charge in [0, 0.05) is 18.0 Å². The van der Waals surface area contributed by atoms with Crippen molar-refractivity contribution in [3.8, 4) is 0 Å². The maximum absolute atomic E-state index is 12.7. The van der Waals surface area contributed by atoms with Crippen molar-refractivity contribution in [3.63, 3.8) is 0 Å². The number of para-hydroxylation sites is 1. The summed E-state index contributed by atoms with van der Waals surface area (Å²) in [5.74, 6) is 0.366. The lowest BCUT2D eigenvalue weighted by molar-refractivity contribution is -0.127. The van der Waals surface area contributed by atoms with Crippen molar-refractivity contribution in [1.82, 2.24) is 15.2 Å². The number of aromatic nitrogens is 1. The highest BCUT2D eigenvalue weighted by molar-refractivity contribution is 8.00. The minimum atomic E-state index is -0.143. The van der Waals surface area contributed by atoms with E-state index in [-0.39, 0.29) is 11.8 Å². The van der Waals surface area contributed by atoms with Crippen molar-refractivity contribution in [2.75, 3.05) is 18.8 Å². The van der Waals surface area contributed by atoms with Crippen LogP contribution in [0.2, 0.25) is 0 Å². The Morgan fingerprint density at radius 2 is 1.82 bits per heavy atom. The number of nitrogens with zero attached hydrogens (tertiary/aromatic N) is 2. The van der Waals surface area contributed by atoms with Crippen molar-refractivity contribution in [2.45, 2.75) is 24.3 Å². The predicted octanol–water partition coefficient (Wildman–Crippen LogP) is 3.94. The van der Waals surface area contributed by atoms with Crippen LogP contribution in [0.5, 0.6) is 0 Å². The van der Waals surface area contributed by atoms with Gasteiger partial charge in [-0.15, -0.1) is 23.1 Å². The molecule has 0 spiro atoms. The monoisotopic (exact) mass is 411 g/mol. The van der Waals surface area contributed by atoms with Crippen LogP contribution in [-0.4, -0.2) is 40.5 Å². The molecule has 1 fully saturated rings. The van der Waals surface area contributed by atoms with E-state index in [2.05, 4.69) is 10.3 Å². The number of hydrogen-bond acceptors (Lipinski definition) is 5. The Labute approximate surface area is 172 Å². The van der Waals surface area contributed by atoms with E-state index in [1.54, 1.807) is 17.4 Å². The lowest BCUT2D eigenvalue weighted by Gasteiger charge is -2.15. The van der Waals surface area contributed by atoms with Crippen molar-refractivity contribution in [2.24, 2.45) is 0 Å². The van der Waals surface area contributed by atoms with E-state index >= 15 is 0 Å². The topological polar surface area (TPSA) is 62.3 Å². The second kappa shape index (κ2) is 8.75. The van der Waals surface area contributed by atoms with Gasteiger partial charge in [0.05, 0.1) is 28.1 Å². The molecule has 0 atom stereocenters. The highest BCUT2D eigenvalue weighted by Gasteiger charge is 2.19. The zero-order chi connectivity index (χ0) is 19.3. The number of likely N-dealkylation sites (tertiary alicyclic amines) is 1. The first-order valence-corrected chi connectivity index (χ1v) is 11.1. The van der Waals surface area contributed by atoms with E-state index in [1.807, 2.05) is 47.4 Å². The van der Waals surface area contributed by atoms with E-state index in [4.69, 9.17) is 0 Å². The molecule has 4 rings (SSSR count). The van der Waals surface area contributed by atoms with Crippen molar-refractivity contribution < 1.29 is 9.59 Å². The molecule has 0 unspecified atom stereocenters. The van der Waals surface area contributed by atoms with E-state index in [9.17, 15) is 9.59 Å². The summed E-state index contributed by atoms with van der Waals surface area (Å²) >= 11 is 3.02. The van der Waals surface area contributed by atoms with Crippen LogP contribution < -0.4 is 5.32 Å². The summed E-state index contributed by atoms with van der Waals surface area (Å²) in [6.45, 7) is 2.09. The number of fused-ring (bicyclic) bond motifs is 1. The van der Waals surface area contributed by atoms with Gasteiger partial charge in [-0.2, -0.15) is 0 Å². The number of carbonyl (C=O) groups is 2. The Morgan fingerprint density at radius 3 is 2.64 bits per heavy atom. The number of carbonyl (C=O) groups excluding carboxylic acids is 2. The fourth-order valence-electron chi connectivity index (χ4n) is 3.22. The third-order valence-corrected chi connectivity index (χ3v) is 6.77. The molecule has 0 radical (unpaired) electrons. The zero-order valence-corrected chi connectivity index (χ0v) is 17.0. The number of hydrogen-bond donors (Lipinski definition) is 1. The molecule has 0 aliphatic carbocycles. The van der Waals surface area contributed by atoms with Crippen LogP contribution in [0.4, 0.5) is 0 Å². The molecular formula is C21H21N3O2S2. The van der Waals surface area contributed by atoms with Gasteiger partial charge in [0.15, 0.2) is 0 Å². The van der Waals surface area contributed by atoms with Crippen LogP contribution in [0.3, 0.4) is 0 Å². The van der Waals surface area contributed by atoms with Crippen molar-refractivity contribution >= 4 is 45.1 Å². The molecule has 1 N–H and O–H groups in total. The molecule has 1 aromatic heterocycles. The molecule has 28 heavy (non-hydrogen) atoms. The van der Waals surface area contributed by atoms with Gasteiger partial charge in [0.1, 0.15) is 5.01 Å². The molecule has 0 bridgehead atoms. The van der Waals surface area contributed by atoms with Crippen LogP contribution in [0.25, 0.3) is 10.2 Å². The minimum Gasteiger partial charge on any atom is -0.345 e. The molecule has 2 heterocycles. The summed E-state index contributed by atoms with van der Waals surface area (Å²) in [5.41, 5.74) is 1.55. The Morgan fingerprint density at radius 1 is 1.07 bits per heavy atom. The maximum Gasteiger partial charge on any atom is 0.252 e. The Bertz CT molecular complexity index is 963. The summed E-state index contributed by atoms with van der Waals surface area (Å²) in [6.07, 6.45) is 2.17. The molecule has 0 saturated carbocycles. The summed E-state index contributed by atoms with van der Waals surface area (Å²) in [6, 6.07) is 15.4. The Kier molecular flexibility index (Phi) is 5.92. The second-order valence-electron chi connectivity index (χ2n) is 6.63. The normalized spacial score (nSPS) is 13.8. The molecule has 1 saturated heterocycles. The first-order valence-electron chi connectivity index (χ1n) is 9.33. The standard InChI is InChI=1S/C21H21N3O2S2/c25-20(24-11-5-6-12-24)14-27-17-9-3-1-7-15(17)21(26)22-13-19-23-16-8-2-4-10-18(16)28-19/h1-4,7-10H,5-6,11-14H2,(H,22,26). The Hall–Kier alpha value is -2.38. The largest absolute Gasteiger partial charge is 0.345 e. The van der Waals surface area contributed by atoms with Crippen LogP contribution >= 0.6 is 23.1 Å². The van der Waals surface area contributed by atoms with Gasteiger partial charge in [-0.1, -0.05) is 24.3 Å². The van der Waals surface area contributed by atoms with Gasteiger partial charge in [-0.3, -0.25) is 9.59 Å². The molecule has 1 aliphatic heterocycles. The molecular weight excluding hydrogens is 390 g/mol. The fourth-order valence-corrected chi connectivity index (χ4v) is 5.08. The first kappa shape index (κ1) is 19.0. The smallest absolute Gasteiger partial charge is 0.252 e. The molecule has 2 amide bonds. The number of rotatable bonds is 6. The van der Waals surface area contributed by atoms with E-state index in [1.165, 1.54) is 11.8 Å². The average Bonchev–Trinajstić information content (AvgIpc) is 3.40. The summed E-state index contributed by atoms with van der Waals surface area (Å²) in [4.78, 5) is 32.3. The SMILES string of the molecule is O=C(NCc1nc2ccccc2s1)c1ccccc1SCC(=O)N1CCCC1. The van der Waals surface area contributed by atoms with Crippen molar-refractivity contribution in [3.05, 3.63) is 59.1 Å². The number of thiazole rings is 1. The van der Waals surface area contributed by atoms with E-state index in [0.717, 1.165) is 46.1 Å². The third kappa shape index (κ3) is 4.36. The van der Waals surface area contributed by atoms with Gasteiger partial charge < -0.3 is 10.2 Å². The molecule has 144 valence electrons. The van der Waals surface area contributed by atoms with E-state index < -0.39 is 0 Å². The molecule has 5 nitrogen and oxygen atoms in total. The summed E-state index contributed by atoms with van der Waals surface area (Å²) < 4.78 is 1.11. The third-order valence-electron chi connectivity index (χ3n) is 4.68. The quantitative estimate of drug-likeness (QED) is 0.624. The van der Waals surface area contributed by atoms with Gasteiger partial charge in [-0.05, 0) is 37.1 Å². The number of nitrogens with one attached hydrogen (secondary N) is 1. The van der Waals surface area contributed by atoms with Gasteiger partial charge in [0.2, 0.25) is 5.91 Å².